The molecule has 1 aromatic heterocycles. The first-order valence-electron chi connectivity index (χ1n) is 9.86. The molecule has 0 spiro atoms. The van der Waals surface area contributed by atoms with Crippen LogP contribution < -0.4 is 5.32 Å². The molecule has 6 heteroatoms. The first-order valence-corrected chi connectivity index (χ1v) is 10.7. The van der Waals surface area contributed by atoms with Crippen LogP contribution in [0.2, 0.25) is 0 Å². The highest BCUT2D eigenvalue weighted by Gasteiger charge is 2.28. The van der Waals surface area contributed by atoms with Gasteiger partial charge in [0.25, 0.3) is 5.91 Å². The normalized spacial score (nSPS) is 17.8. The van der Waals surface area contributed by atoms with Crippen molar-refractivity contribution < 1.29 is 14.3 Å². The lowest BCUT2D eigenvalue weighted by Gasteiger charge is -2.25. The highest BCUT2D eigenvalue weighted by atomic mass is 32.1. The Morgan fingerprint density at radius 3 is 2.76 bits per heavy atom. The van der Waals surface area contributed by atoms with Gasteiger partial charge in [-0.3, -0.25) is 10.1 Å². The zero-order valence-electron chi connectivity index (χ0n) is 15.8. The minimum absolute atomic E-state index is 0.200. The van der Waals surface area contributed by atoms with E-state index in [2.05, 4.69) is 10.3 Å². The fraction of sp³-hybridized carbons (Fsp3) is 0.261. The minimum Gasteiger partial charge on any atom is -0.454 e. The van der Waals surface area contributed by atoms with E-state index in [0.29, 0.717) is 22.7 Å². The Labute approximate surface area is 172 Å². The van der Waals surface area contributed by atoms with E-state index < -0.39 is 0 Å². The monoisotopic (exact) mass is 404 g/mol. The molecule has 5 rings (SSSR count). The van der Waals surface area contributed by atoms with E-state index >= 15 is 0 Å². The molecule has 1 aliphatic heterocycles. The largest absolute Gasteiger partial charge is 0.454 e. The van der Waals surface area contributed by atoms with Crippen molar-refractivity contribution in [1.82, 2.24) is 4.98 Å². The summed E-state index contributed by atoms with van der Waals surface area (Å²) in [6.45, 7) is 0. The average molecular weight is 404 g/mol. The van der Waals surface area contributed by atoms with Gasteiger partial charge in [0.2, 0.25) is 0 Å². The summed E-state index contributed by atoms with van der Waals surface area (Å²) in [7, 11) is 0. The van der Waals surface area contributed by atoms with Crippen molar-refractivity contribution >= 4 is 28.3 Å². The van der Waals surface area contributed by atoms with Gasteiger partial charge in [0.15, 0.2) is 5.13 Å². The van der Waals surface area contributed by atoms with E-state index in [0.717, 1.165) is 36.1 Å². The lowest BCUT2D eigenvalue weighted by atomic mass is 9.93. The predicted octanol–water partition coefficient (Wildman–Crippen LogP) is 4.73. The molecular weight excluding hydrogens is 384 g/mol. The van der Waals surface area contributed by atoms with Crippen molar-refractivity contribution in [1.29, 1.82) is 0 Å². The summed E-state index contributed by atoms with van der Waals surface area (Å²) in [6.07, 6.45) is 4.60. The zero-order valence-corrected chi connectivity index (χ0v) is 16.6. The number of esters is 1. The van der Waals surface area contributed by atoms with Crippen molar-refractivity contribution in [3.63, 3.8) is 0 Å². The summed E-state index contributed by atoms with van der Waals surface area (Å²) in [6, 6.07) is 14.8. The van der Waals surface area contributed by atoms with Gasteiger partial charge in [-0.15, -0.1) is 11.3 Å². The number of hydrogen-bond acceptors (Lipinski definition) is 5. The topological polar surface area (TPSA) is 68.3 Å². The lowest BCUT2D eigenvalue weighted by Crippen LogP contribution is -2.23. The summed E-state index contributed by atoms with van der Waals surface area (Å²) in [4.78, 5) is 31.1. The first-order chi connectivity index (χ1) is 14.2. The van der Waals surface area contributed by atoms with Gasteiger partial charge in [-0.1, -0.05) is 30.3 Å². The Morgan fingerprint density at radius 2 is 1.93 bits per heavy atom. The van der Waals surface area contributed by atoms with E-state index in [4.69, 9.17) is 4.74 Å². The van der Waals surface area contributed by atoms with Gasteiger partial charge in [0, 0.05) is 16.9 Å². The molecule has 2 aliphatic rings. The van der Waals surface area contributed by atoms with Gasteiger partial charge in [-0.05, 0) is 55.0 Å². The third kappa shape index (κ3) is 3.56. The maximum Gasteiger partial charge on any atom is 0.339 e. The number of nitrogens with zero attached hydrogens (tertiary/aromatic N) is 1. The fourth-order valence-electron chi connectivity index (χ4n) is 3.97. The molecule has 0 unspecified atom stereocenters. The number of carbonyl (C=O) groups excluding carboxylic acids is 2. The van der Waals surface area contributed by atoms with Crippen LogP contribution in [0.1, 0.15) is 61.4 Å². The second-order valence-electron chi connectivity index (χ2n) is 7.43. The Morgan fingerprint density at radius 1 is 1.10 bits per heavy atom. The maximum atomic E-state index is 12.8. The maximum absolute atomic E-state index is 12.8. The molecule has 3 aromatic rings. The summed E-state index contributed by atoms with van der Waals surface area (Å²) in [5.41, 5.74) is 3.96. The molecule has 1 amide bonds. The Hall–Kier alpha value is -2.99. The van der Waals surface area contributed by atoms with Gasteiger partial charge in [0.1, 0.15) is 6.10 Å². The number of thiazole rings is 1. The molecule has 2 aromatic carbocycles. The molecule has 2 heterocycles. The Bertz CT molecular complexity index is 1070. The highest BCUT2D eigenvalue weighted by Crippen LogP contribution is 2.32. The van der Waals surface area contributed by atoms with E-state index in [-0.39, 0.29) is 18.0 Å². The molecule has 1 atom stereocenters. The van der Waals surface area contributed by atoms with E-state index in [1.54, 1.807) is 29.5 Å². The van der Waals surface area contributed by atoms with Gasteiger partial charge >= 0.3 is 5.97 Å². The second-order valence-corrected chi connectivity index (χ2v) is 8.51. The number of carbonyl (C=O) groups is 2. The first kappa shape index (κ1) is 18.1. The van der Waals surface area contributed by atoms with Crippen molar-refractivity contribution in [2.24, 2.45) is 0 Å². The fourth-order valence-corrected chi connectivity index (χ4v) is 5.01. The highest BCUT2D eigenvalue weighted by molar-refractivity contribution is 7.15. The van der Waals surface area contributed by atoms with E-state index in [9.17, 15) is 9.59 Å². The van der Waals surface area contributed by atoms with Gasteiger partial charge in [-0.25, -0.2) is 9.78 Å². The number of fused-ring (bicyclic) bond motifs is 2. The molecule has 146 valence electrons. The van der Waals surface area contributed by atoms with E-state index in [1.807, 2.05) is 30.3 Å². The number of nitrogens with one attached hydrogen (secondary N) is 1. The summed E-state index contributed by atoms with van der Waals surface area (Å²) in [5.74, 6) is -0.547. The van der Waals surface area contributed by atoms with Crippen LogP contribution in [0.5, 0.6) is 0 Å². The zero-order chi connectivity index (χ0) is 19.8. The number of hydrogen-bond donors (Lipinski definition) is 1. The third-order valence-electron chi connectivity index (χ3n) is 5.48. The molecular formula is C23H20N2O3S. The summed E-state index contributed by atoms with van der Waals surface area (Å²) in [5, 5.41) is 3.58. The number of aromatic nitrogens is 1. The molecule has 1 N–H and O–H groups in total. The van der Waals surface area contributed by atoms with Crippen LogP contribution in [0.3, 0.4) is 0 Å². The van der Waals surface area contributed by atoms with Gasteiger partial charge in [0.05, 0.1) is 11.3 Å². The second kappa shape index (κ2) is 7.44. The molecule has 0 fully saturated rings. The molecule has 0 saturated carbocycles. The van der Waals surface area contributed by atoms with Crippen LogP contribution in [-0.2, 0) is 24.0 Å². The average Bonchev–Trinajstić information content (AvgIpc) is 3.16. The summed E-state index contributed by atoms with van der Waals surface area (Å²) < 4.78 is 5.59. The van der Waals surface area contributed by atoms with Gasteiger partial charge < -0.3 is 4.74 Å². The molecule has 0 bridgehead atoms. The van der Waals surface area contributed by atoms with Crippen LogP contribution in [0.4, 0.5) is 5.13 Å². The molecule has 29 heavy (non-hydrogen) atoms. The van der Waals surface area contributed by atoms with Crippen molar-refractivity contribution in [3.05, 3.63) is 81.4 Å². The van der Waals surface area contributed by atoms with E-state index in [1.165, 1.54) is 11.3 Å². The van der Waals surface area contributed by atoms with Crippen molar-refractivity contribution in [2.45, 2.75) is 38.2 Å². The standard InChI is InChI=1S/C23H20N2O3S/c26-21(25-23-24-18-8-4-5-9-20(18)29-23)15-10-11-17-16(12-15)13-19(28-22(17)27)14-6-2-1-3-7-14/h1-3,6-7,10-12,19H,4-5,8-9,13H2,(H,24,25,26)/t19-/m0/s1. The van der Waals surface area contributed by atoms with Crippen LogP contribution in [0, 0.1) is 0 Å². The van der Waals surface area contributed by atoms with Crippen LogP contribution in [-0.4, -0.2) is 16.9 Å². The van der Waals surface area contributed by atoms with Crippen molar-refractivity contribution in [2.75, 3.05) is 5.32 Å². The number of aryl methyl sites for hydroxylation is 2. The smallest absolute Gasteiger partial charge is 0.339 e. The quantitative estimate of drug-likeness (QED) is 0.641. The number of rotatable bonds is 3. The molecule has 0 saturated heterocycles. The molecule has 5 nitrogen and oxygen atoms in total. The molecule has 1 aliphatic carbocycles. The number of amides is 1. The SMILES string of the molecule is O=C(Nc1nc2c(s1)CCCC2)c1ccc2c(c1)C[C@@H](c1ccccc1)OC2=O. The minimum atomic E-state index is -0.348. The third-order valence-corrected chi connectivity index (χ3v) is 6.55. The van der Waals surface area contributed by atoms with Crippen molar-refractivity contribution in [3.8, 4) is 0 Å². The number of cyclic esters (lactones) is 1. The lowest BCUT2D eigenvalue weighted by molar-refractivity contribution is 0.0252. The number of benzene rings is 2. The summed E-state index contributed by atoms with van der Waals surface area (Å²) >= 11 is 1.57. The number of anilines is 1. The van der Waals surface area contributed by atoms with Crippen LogP contribution >= 0.6 is 11.3 Å². The number of ether oxygens (including phenoxy) is 1. The predicted molar refractivity (Wildman–Crippen MR) is 111 cm³/mol. The Balaban J connectivity index is 1.38. The Kier molecular flexibility index (Phi) is 4.64. The van der Waals surface area contributed by atoms with Gasteiger partial charge in [-0.2, -0.15) is 0 Å². The van der Waals surface area contributed by atoms with Crippen LogP contribution in [0.25, 0.3) is 0 Å². The van der Waals surface area contributed by atoms with Crippen LogP contribution in [0.15, 0.2) is 48.5 Å². The molecule has 0 radical (unpaired) electrons.